The molecule has 116 valence electrons. The van der Waals surface area contributed by atoms with Crippen LogP contribution >= 0.6 is 12.2 Å². The zero-order chi connectivity index (χ0) is 15.8. The highest BCUT2D eigenvalue weighted by molar-refractivity contribution is 7.80. The van der Waals surface area contributed by atoms with Gasteiger partial charge in [-0.2, -0.15) is 0 Å². The lowest BCUT2D eigenvalue weighted by Gasteiger charge is -2.22. The first-order valence-corrected chi connectivity index (χ1v) is 8.06. The first-order valence-electron chi connectivity index (χ1n) is 7.65. The van der Waals surface area contributed by atoms with E-state index in [4.69, 9.17) is 18.0 Å². The number of rotatable bonds is 8. The lowest BCUT2D eigenvalue weighted by molar-refractivity contribution is 0.283. The first kappa shape index (κ1) is 16.6. The lowest BCUT2D eigenvalue weighted by atomic mass is 10.0. The summed E-state index contributed by atoms with van der Waals surface area (Å²) >= 11 is 5.05. The van der Waals surface area contributed by atoms with Crippen molar-refractivity contribution in [1.82, 2.24) is 9.88 Å². The van der Waals surface area contributed by atoms with E-state index in [2.05, 4.69) is 47.1 Å². The maximum atomic E-state index is 5.70. The van der Waals surface area contributed by atoms with E-state index in [1.807, 2.05) is 18.5 Å². The molecule has 0 saturated carbocycles. The van der Waals surface area contributed by atoms with Crippen LogP contribution in [0.25, 0.3) is 0 Å². The van der Waals surface area contributed by atoms with E-state index in [1.165, 1.54) is 16.7 Å². The van der Waals surface area contributed by atoms with Crippen molar-refractivity contribution in [2.75, 3.05) is 13.1 Å². The molecular formula is C18H23N3S. The van der Waals surface area contributed by atoms with Crippen LogP contribution in [0.2, 0.25) is 0 Å². The van der Waals surface area contributed by atoms with Crippen LogP contribution in [-0.2, 0) is 19.4 Å². The van der Waals surface area contributed by atoms with Gasteiger partial charge in [-0.1, -0.05) is 43.4 Å². The quantitative estimate of drug-likeness (QED) is 0.761. The van der Waals surface area contributed by atoms with Crippen molar-refractivity contribution in [3.63, 3.8) is 0 Å². The van der Waals surface area contributed by atoms with Crippen molar-refractivity contribution in [3.05, 3.63) is 65.5 Å². The van der Waals surface area contributed by atoms with Gasteiger partial charge in [0.15, 0.2) is 0 Å². The Morgan fingerprint density at radius 1 is 1.14 bits per heavy atom. The van der Waals surface area contributed by atoms with Gasteiger partial charge in [0.25, 0.3) is 0 Å². The van der Waals surface area contributed by atoms with Gasteiger partial charge < -0.3 is 5.73 Å². The molecule has 4 heteroatoms. The monoisotopic (exact) mass is 313 g/mol. The molecule has 0 spiro atoms. The molecule has 0 radical (unpaired) electrons. The zero-order valence-electron chi connectivity index (χ0n) is 13.0. The van der Waals surface area contributed by atoms with E-state index in [0.29, 0.717) is 11.4 Å². The molecule has 1 aromatic carbocycles. The molecular weight excluding hydrogens is 290 g/mol. The number of thiocarbonyl (C=S) groups is 1. The standard InChI is InChI=1S/C18H23N3S/c1-2-21(12-9-15-7-10-20-11-8-15)14-17-6-4-3-5-16(17)13-18(19)22/h3-8,10-11H,2,9,12-14H2,1H3,(H2,19,22). The van der Waals surface area contributed by atoms with Crippen molar-refractivity contribution < 1.29 is 0 Å². The third-order valence-corrected chi connectivity index (χ3v) is 3.93. The van der Waals surface area contributed by atoms with Gasteiger partial charge in [-0.3, -0.25) is 9.88 Å². The number of hydrogen-bond donors (Lipinski definition) is 1. The summed E-state index contributed by atoms with van der Waals surface area (Å²) in [6.45, 7) is 5.18. The smallest absolute Gasteiger partial charge is 0.0771 e. The van der Waals surface area contributed by atoms with E-state index in [0.717, 1.165) is 26.1 Å². The summed E-state index contributed by atoms with van der Waals surface area (Å²) in [6.07, 6.45) is 5.41. The maximum absolute atomic E-state index is 5.70. The number of nitrogens with zero attached hydrogens (tertiary/aromatic N) is 2. The Balaban J connectivity index is 1.99. The Morgan fingerprint density at radius 2 is 1.82 bits per heavy atom. The van der Waals surface area contributed by atoms with Crippen LogP contribution in [0.5, 0.6) is 0 Å². The summed E-state index contributed by atoms with van der Waals surface area (Å²) in [5.74, 6) is 0. The Morgan fingerprint density at radius 3 is 2.45 bits per heavy atom. The molecule has 0 amide bonds. The third kappa shape index (κ3) is 5.20. The molecule has 0 saturated heterocycles. The highest BCUT2D eigenvalue weighted by Crippen LogP contribution is 2.13. The molecule has 0 unspecified atom stereocenters. The summed E-state index contributed by atoms with van der Waals surface area (Å²) < 4.78 is 0. The van der Waals surface area contributed by atoms with E-state index < -0.39 is 0 Å². The Hall–Kier alpha value is -1.78. The normalized spacial score (nSPS) is 10.8. The predicted octanol–water partition coefficient (Wildman–Crippen LogP) is 2.97. The van der Waals surface area contributed by atoms with Crippen molar-refractivity contribution in [2.24, 2.45) is 5.73 Å². The maximum Gasteiger partial charge on any atom is 0.0771 e. The van der Waals surface area contributed by atoms with Crippen LogP contribution in [0.1, 0.15) is 23.6 Å². The SMILES string of the molecule is CCN(CCc1ccncc1)Cc1ccccc1CC(N)=S. The van der Waals surface area contributed by atoms with Gasteiger partial charge in [0.05, 0.1) is 4.99 Å². The highest BCUT2D eigenvalue weighted by Gasteiger charge is 2.08. The second-order valence-corrected chi connectivity index (χ2v) is 5.91. The number of pyridine rings is 1. The van der Waals surface area contributed by atoms with Crippen LogP contribution in [0.3, 0.4) is 0 Å². The summed E-state index contributed by atoms with van der Waals surface area (Å²) in [4.78, 5) is 7.05. The number of nitrogens with two attached hydrogens (primary N) is 1. The minimum Gasteiger partial charge on any atom is -0.393 e. The van der Waals surface area contributed by atoms with Crippen molar-refractivity contribution in [3.8, 4) is 0 Å². The molecule has 0 aliphatic carbocycles. The number of aromatic nitrogens is 1. The Bertz CT molecular complexity index is 598. The Labute approximate surface area is 138 Å². The second-order valence-electron chi connectivity index (χ2n) is 5.39. The molecule has 0 atom stereocenters. The topological polar surface area (TPSA) is 42.2 Å². The molecule has 22 heavy (non-hydrogen) atoms. The number of benzene rings is 1. The largest absolute Gasteiger partial charge is 0.393 e. The van der Waals surface area contributed by atoms with Crippen LogP contribution in [0.4, 0.5) is 0 Å². The van der Waals surface area contributed by atoms with Gasteiger partial charge >= 0.3 is 0 Å². The molecule has 0 aliphatic rings. The fourth-order valence-electron chi connectivity index (χ4n) is 2.50. The van der Waals surface area contributed by atoms with Gasteiger partial charge in [-0.15, -0.1) is 0 Å². The average molecular weight is 313 g/mol. The van der Waals surface area contributed by atoms with Gasteiger partial charge in [0.2, 0.25) is 0 Å². The van der Waals surface area contributed by atoms with E-state index >= 15 is 0 Å². The molecule has 1 heterocycles. The van der Waals surface area contributed by atoms with Gasteiger partial charge in [0, 0.05) is 31.9 Å². The predicted molar refractivity (Wildman–Crippen MR) is 95.8 cm³/mol. The fraction of sp³-hybridized carbons (Fsp3) is 0.333. The molecule has 2 aromatic rings. The third-order valence-electron chi connectivity index (χ3n) is 3.79. The fourth-order valence-corrected chi connectivity index (χ4v) is 2.65. The van der Waals surface area contributed by atoms with Crippen LogP contribution in [0, 0.1) is 0 Å². The van der Waals surface area contributed by atoms with Crippen LogP contribution in [0.15, 0.2) is 48.8 Å². The van der Waals surface area contributed by atoms with Gasteiger partial charge in [-0.25, -0.2) is 0 Å². The summed E-state index contributed by atoms with van der Waals surface area (Å²) in [7, 11) is 0. The van der Waals surface area contributed by atoms with Crippen LogP contribution < -0.4 is 5.73 Å². The molecule has 1 aromatic heterocycles. The number of likely N-dealkylation sites (N-methyl/N-ethyl adjacent to an activating group) is 1. The lowest BCUT2D eigenvalue weighted by Crippen LogP contribution is -2.26. The molecule has 0 fully saturated rings. The van der Waals surface area contributed by atoms with Gasteiger partial charge in [-0.05, 0) is 41.8 Å². The van der Waals surface area contributed by atoms with Crippen LogP contribution in [-0.4, -0.2) is 28.0 Å². The highest BCUT2D eigenvalue weighted by atomic mass is 32.1. The van der Waals surface area contributed by atoms with E-state index in [-0.39, 0.29) is 0 Å². The van der Waals surface area contributed by atoms with Crippen molar-refractivity contribution >= 4 is 17.2 Å². The zero-order valence-corrected chi connectivity index (χ0v) is 13.9. The van der Waals surface area contributed by atoms with Crippen molar-refractivity contribution in [2.45, 2.75) is 26.3 Å². The van der Waals surface area contributed by atoms with E-state index in [9.17, 15) is 0 Å². The van der Waals surface area contributed by atoms with Crippen molar-refractivity contribution in [1.29, 1.82) is 0 Å². The average Bonchev–Trinajstić information content (AvgIpc) is 2.53. The minimum absolute atomic E-state index is 0.548. The summed E-state index contributed by atoms with van der Waals surface area (Å²) in [5, 5.41) is 0. The minimum atomic E-state index is 0.548. The summed E-state index contributed by atoms with van der Waals surface area (Å²) in [6, 6.07) is 12.6. The first-order chi connectivity index (χ1) is 10.7. The second kappa shape index (κ2) is 8.61. The summed E-state index contributed by atoms with van der Waals surface area (Å²) in [5.41, 5.74) is 9.57. The molecule has 0 bridgehead atoms. The molecule has 3 nitrogen and oxygen atoms in total. The Kier molecular flexibility index (Phi) is 6.49. The number of hydrogen-bond acceptors (Lipinski definition) is 3. The van der Waals surface area contributed by atoms with E-state index in [1.54, 1.807) is 0 Å². The molecule has 2 N–H and O–H groups in total. The molecule has 0 aliphatic heterocycles. The molecule has 2 rings (SSSR count). The van der Waals surface area contributed by atoms with Gasteiger partial charge in [0.1, 0.15) is 0 Å².